The summed E-state index contributed by atoms with van der Waals surface area (Å²) < 4.78 is 17.7. The lowest BCUT2D eigenvalue weighted by Gasteiger charge is -2.61. The van der Waals surface area contributed by atoms with Gasteiger partial charge in [-0.15, -0.1) is 0 Å². The van der Waals surface area contributed by atoms with Crippen LogP contribution in [0, 0.1) is 17.3 Å². The molecule has 10 heteroatoms. The number of benzene rings is 1. The third kappa shape index (κ3) is 3.99. The number of methoxy groups -OCH3 is 3. The van der Waals surface area contributed by atoms with E-state index in [4.69, 9.17) is 25.8 Å². The van der Waals surface area contributed by atoms with Crippen molar-refractivity contribution in [1.29, 1.82) is 0 Å². The third-order valence-corrected chi connectivity index (χ3v) is 8.35. The Balaban J connectivity index is 1.49. The molecule has 1 heterocycles. The molecule has 1 aromatic carbocycles. The van der Waals surface area contributed by atoms with E-state index >= 15 is 0 Å². The molecular weight excluding hydrogens is 474 g/mol. The predicted molar refractivity (Wildman–Crippen MR) is 130 cm³/mol. The zero-order valence-electron chi connectivity index (χ0n) is 20.1. The van der Waals surface area contributed by atoms with Gasteiger partial charge in [-0.05, 0) is 55.8 Å². The first kappa shape index (κ1) is 23.8. The van der Waals surface area contributed by atoms with E-state index in [1.165, 1.54) is 21.3 Å². The van der Waals surface area contributed by atoms with E-state index in [2.05, 4.69) is 10.4 Å². The molecule has 2 atom stereocenters. The summed E-state index contributed by atoms with van der Waals surface area (Å²) in [6, 6.07) is 3.44. The van der Waals surface area contributed by atoms with Gasteiger partial charge >= 0.3 is 5.97 Å². The second-order valence-electron chi connectivity index (χ2n) is 10.4. The predicted octanol–water partition coefficient (Wildman–Crippen LogP) is 4.44. The highest BCUT2D eigenvalue weighted by molar-refractivity contribution is 6.33. The van der Waals surface area contributed by atoms with Crippen molar-refractivity contribution < 1.29 is 24.1 Å². The van der Waals surface area contributed by atoms with Crippen molar-refractivity contribution in [2.24, 2.45) is 17.3 Å². The number of carbonyl (C=O) groups is 1. The number of aliphatic carboxylic acids is 1. The van der Waals surface area contributed by atoms with E-state index in [9.17, 15) is 14.7 Å². The Morgan fingerprint density at radius 3 is 2.31 bits per heavy atom. The van der Waals surface area contributed by atoms with E-state index in [0.29, 0.717) is 46.9 Å². The van der Waals surface area contributed by atoms with Gasteiger partial charge in [0, 0.05) is 17.8 Å². The largest absolute Gasteiger partial charge is 0.493 e. The number of hydrogen-bond acceptors (Lipinski definition) is 7. The minimum Gasteiger partial charge on any atom is -0.493 e. The van der Waals surface area contributed by atoms with Gasteiger partial charge in [0.05, 0.1) is 45.2 Å². The molecule has 9 nitrogen and oxygen atoms in total. The molecule has 4 aliphatic rings. The number of rotatable bonds is 8. The fraction of sp³-hybridized carbons (Fsp3) is 0.560. The Kier molecular flexibility index (Phi) is 5.86. The molecule has 6 rings (SSSR count). The van der Waals surface area contributed by atoms with E-state index in [-0.39, 0.29) is 22.4 Å². The van der Waals surface area contributed by atoms with Crippen LogP contribution in [0.5, 0.6) is 17.2 Å². The van der Waals surface area contributed by atoms with Crippen LogP contribution in [0.25, 0.3) is 0 Å². The van der Waals surface area contributed by atoms with Crippen LogP contribution < -0.4 is 25.1 Å². The second-order valence-corrected chi connectivity index (χ2v) is 10.8. The van der Waals surface area contributed by atoms with Gasteiger partial charge < -0.3 is 24.6 Å². The maximum atomic E-state index is 13.5. The van der Waals surface area contributed by atoms with Gasteiger partial charge in [-0.1, -0.05) is 11.6 Å². The molecule has 188 valence electrons. The maximum Gasteiger partial charge on any atom is 0.303 e. The lowest BCUT2D eigenvalue weighted by molar-refractivity contribution is -0.151. The summed E-state index contributed by atoms with van der Waals surface area (Å²) in [7, 11) is 4.58. The first-order chi connectivity index (χ1) is 16.7. The van der Waals surface area contributed by atoms with Crippen LogP contribution in [0.2, 0.25) is 5.02 Å². The van der Waals surface area contributed by atoms with Gasteiger partial charge in [-0.25, -0.2) is 4.68 Å². The topological polar surface area (TPSA) is 112 Å². The Morgan fingerprint density at radius 2 is 1.77 bits per heavy atom. The molecule has 1 aromatic heterocycles. The molecular formula is C25H30ClN3O6. The Hall–Kier alpha value is -2.94. The van der Waals surface area contributed by atoms with Crippen molar-refractivity contribution in [3.63, 3.8) is 0 Å². The lowest BCUT2D eigenvalue weighted by Crippen LogP contribution is -2.59. The summed E-state index contributed by atoms with van der Waals surface area (Å²) in [4.78, 5) is 25.2. The van der Waals surface area contributed by atoms with Gasteiger partial charge in [0.2, 0.25) is 5.75 Å². The first-order valence-electron chi connectivity index (χ1n) is 11.8. The molecule has 0 spiro atoms. The minimum absolute atomic E-state index is 0.0387. The molecule has 4 bridgehead atoms. The van der Waals surface area contributed by atoms with Gasteiger partial charge in [0.15, 0.2) is 11.5 Å². The van der Waals surface area contributed by atoms with Crippen LogP contribution in [0.15, 0.2) is 23.1 Å². The average molecular weight is 504 g/mol. The van der Waals surface area contributed by atoms with Crippen LogP contribution in [0.4, 0.5) is 11.4 Å². The van der Waals surface area contributed by atoms with Crippen molar-refractivity contribution in [2.45, 2.75) is 50.5 Å². The zero-order chi connectivity index (χ0) is 25.0. The van der Waals surface area contributed by atoms with Crippen molar-refractivity contribution in [3.05, 3.63) is 33.7 Å². The van der Waals surface area contributed by atoms with Crippen molar-refractivity contribution in [2.75, 3.05) is 26.6 Å². The fourth-order valence-electron chi connectivity index (χ4n) is 7.34. The Bertz CT molecular complexity index is 1190. The van der Waals surface area contributed by atoms with E-state index < -0.39 is 11.5 Å². The van der Waals surface area contributed by atoms with Gasteiger partial charge in [0.1, 0.15) is 5.02 Å². The quantitative estimate of drug-likeness (QED) is 0.544. The SMILES string of the molecule is COc1cc(Nc2cnn(C34C[C@@H]5C[C@H](CC(CC(=O)O)(C5)C3)C4)c(=O)c2Cl)cc(OC)c1OC. The standard InChI is InChI=1S/C25H30ClN3O6/c1-33-18-5-16(6-19(34-2)22(18)35-3)28-17-12-27-29(23(32)21(17)26)25-9-14-4-15(10-25)8-24(7-14,13-25)11-20(30)31/h5-6,12,14-15,28H,4,7-11,13H2,1-3H3,(H,30,31)/t14-,15-,24?,25?/m1/s1. The number of carboxylic acids is 1. The molecule has 4 saturated carbocycles. The number of aromatic nitrogens is 2. The van der Waals surface area contributed by atoms with Gasteiger partial charge in [-0.3, -0.25) is 9.59 Å². The first-order valence-corrected chi connectivity index (χ1v) is 12.2. The minimum atomic E-state index is -0.773. The monoisotopic (exact) mass is 503 g/mol. The zero-order valence-corrected chi connectivity index (χ0v) is 20.9. The number of nitrogens with one attached hydrogen (secondary N) is 1. The summed E-state index contributed by atoms with van der Waals surface area (Å²) in [6.45, 7) is 0. The molecule has 0 amide bonds. The summed E-state index contributed by atoms with van der Waals surface area (Å²) >= 11 is 6.60. The van der Waals surface area contributed by atoms with Crippen molar-refractivity contribution in [1.82, 2.24) is 9.78 Å². The number of halogens is 1. The smallest absolute Gasteiger partial charge is 0.303 e. The van der Waals surface area contributed by atoms with Gasteiger partial charge in [0.25, 0.3) is 5.56 Å². The lowest BCUT2D eigenvalue weighted by atomic mass is 9.46. The Morgan fingerprint density at radius 1 is 1.14 bits per heavy atom. The van der Waals surface area contributed by atoms with Crippen molar-refractivity contribution >= 4 is 28.9 Å². The van der Waals surface area contributed by atoms with Crippen molar-refractivity contribution in [3.8, 4) is 17.2 Å². The number of ether oxygens (including phenoxy) is 3. The number of carboxylic acid groups (broad SMARTS) is 1. The highest BCUT2D eigenvalue weighted by Crippen LogP contribution is 2.65. The number of anilines is 2. The van der Waals surface area contributed by atoms with E-state index in [0.717, 1.165) is 32.1 Å². The highest BCUT2D eigenvalue weighted by atomic mass is 35.5. The van der Waals surface area contributed by atoms with Crippen LogP contribution in [0.3, 0.4) is 0 Å². The molecule has 0 unspecified atom stereocenters. The molecule has 0 saturated heterocycles. The summed E-state index contributed by atoms with van der Waals surface area (Å²) in [5, 5.41) is 17.3. The van der Waals surface area contributed by atoms with Crippen LogP contribution in [-0.2, 0) is 10.3 Å². The average Bonchev–Trinajstić information content (AvgIpc) is 2.79. The third-order valence-electron chi connectivity index (χ3n) is 7.99. The Labute approximate surface area is 208 Å². The van der Waals surface area contributed by atoms with Crippen LogP contribution in [0.1, 0.15) is 44.9 Å². The normalized spacial score (nSPS) is 28.6. The molecule has 2 N–H and O–H groups in total. The summed E-state index contributed by atoms with van der Waals surface area (Å²) in [6.07, 6.45) is 6.98. The summed E-state index contributed by atoms with van der Waals surface area (Å²) in [5.74, 6) is 1.44. The molecule has 4 fully saturated rings. The van der Waals surface area contributed by atoms with Gasteiger partial charge in [-0.2, -0.15) is 5.10 Å². The molecule has 0 radical (unpaired) electrons. The molecule has 2 aromatic rings. The number of hydrogen-bond donors (Lipinski definition) is 2. The molecule has 0 aliphatic heterocycles. The molecule has 35 heavy (non-hydrogen) atoms. The van der Waals surface area contributed by atoms with Crippen LogP contribution in [-0.4, -0.2) is 42.2 Å². The van der Waals surface area contributed by atoms with E-state index in [1.54, 1.807) is 23.0 Å². The highest BCUT2D eigenvalue weighted by Gasteiger charge is 2.59. The summed E-state index contributed by atoms with van der Waals surface area (Å²) in [5.41, 5.74) is -0.151. The molecule has 4 aliphatic carbocycles. The van der Waals surface area contributed by atoms with E-state index in [1.807, 2.05) is 0 Å². The van der Waals surface area contributed by atoms with Crippen LogP contribution >= 0.6 is 11.6 Å². The number of nitrogens with zero attached hydrogens (tertiary/aromatic N) is 2. The fourth-order valence-corrected chi connectivity index (χ4v) is 7.52. The second kappa shape index (κ2) is 8.62. The maximum absolute atomic E-state index is 13.5.